The summed E-state index contributed by atoms with van der Waals surface area (Å²) in [5.41, 5.74) is 0.971. The highest BCUT2D eigenvalue weighted by Crippen LogP contribution is 2.23. The second-order valence-electron chi connectivity index (χ2n) is 9.45. The molecule has 2 fully saturated rings. The lowest BCUT2D eigenvalue weighted by Gasteiger charge is -2.34. The highest BCUT2D eigenvalue weighted by molar-refractivity contribution is 7.92. The summed E-state index contributed by atoms with van der Waals surface area (Å²) in [6.45, 7) is 2.49. The zero-order chi connectivity index (χ0) is 27.3. The minimum Gasteiger partial charge on any atom is -0.348 e. The van der Waals surface area contributed by atoms with E-state index in [1.54, 1.807) is 12.1 Å². The number of carbonyl (C=O) groups is 3. The SMILES string of the molecule is C[C@H](NC(=O)[C@@H]1CCCN1C(=O)CN1CCC[C@H](NS(=O)(=O)C=Cc2ccc(Cl)s2)C1=O)c1ccccc1. The Bertz CT molecular complexity index is 1300. The Labute approximate surface area is 231 Å². The second-order valence-corrected chi connectivity index (χ2v) is 12.8. The number of nitrogens with zero attached hydrogens (tertiary/aromatic N) is 2. The molecular weight excluding hydrogens is 548 g/mol. The number of rotatable bonds is 9. The first kappa shape index (κ1) is 28.3. The van der Waals surface area contributed by atoms with Gasteiger partial charge in [0.2, 0.25) is 27.7 Å². The number of nitrogens with one attached hydrogen (secondary N) is 2. The Morgan fingerprint density at radius 3 is 2.58 bits per heavy atom. The third kappa shape index (κ3) is 7.22. The van der Waals surface area contributed by atoms with Gasteiger partial charge in [-0.05, 0) is 56.4 Å². The average Bonchev–Trinajstić information content (AvgIpc) is 3.55. The van der Waals surface area contributed by atoms with Gasteiger partial charge in [-0.2, -0.15) is 4.72 Å². The monoisotopic (exact) mass is 578 g/mol. The summed E-state index contributed by atoms with van der Waals surface area (Å²) in [6, 6.07) is 11.2. The number of hydrogen-bond donors (Lipinski definition) is 2. The van der Waals surface area contributed by atoms with E-state index in [-0.39, 0.29) is 24.4 Å². The zero-order valence-electron chi connectivity index (χ0n) is 21.0. The number of hydrogen-bond acceptors (Lipinski definition) is 6. The lowest BCUT2D eigenvalue weighted by molar-refractivity contribution is -0.145. The minimum absolute atomic E-state index is 0.196. The van der Waals surface area contributed by atoms with Gasteiger partial charge in [-0.15, -0.1) is 11.3 Å². The number of halogens is 1. The van der Waals surface area contributed by atoms with Crippen molar-refractivity contribution >= 4 is 56.8 Å². The summed E-state index contributed by atoms with van der Waals surface area (Å²) in [4.78, 5) is 42.8. The predicted octanol–water partition coefficient (Wildman–Crippen LogP) is 3.15. The van der Waals surface area contributed by atoms with Crippen LogP contribution in [0.5, 0.6) is 0 Å². The molecule has 38 heavy (non-hydrogen) atoms. The number of benzene rings is 1. The van der Waals surface area contributed by atoms with Gasteiger partial charge in [0.15, 0.2) is 0 Å². The fourth-order valence-corrected chi connectivity index (χ4v) is 6.81. The molecule has 204 valence electrons. The van der Waals surface area contributed by atoms with Gasteiger partial charge in [0, 0.05) is 23.4 Å². The zero-order valence-corrected chi connectivity index (χ0v) is 23.4. The first-order chi connectivity index (χ1) is 18.1. The summed E-state index contributed by atoms with van der Waals surface area (Å²) >= 11 is 7.12. The molecule has 4 rings (SSSR count). The predicted molar refractivity (Wildman–Crippen MR) is 148 cm³/mol. The topological polar surface area (TPSA) is 116 Å². The van der Waals surface area contributed by atoms with Crippen LogP contribution >= 0.6 is 22.9 Å². The van der Waals surface area contributed by atoms with Crippen LogP contribution in [-0.4, -0.2) is 67.7 Å². The third-order valence-corrected chi connectivity index (χ3v) is 9.01. The highest BCUT2D eigenvalue weighted by Gasteiger charge is 2.37. The van der Waals surface area contributed by atoms with Gasteiger partial charge < -0.3 is 15.1 Å². The maximum atomic E-state index is 13.2. The van der Waals surface area contributed by atoms with Crippen molar-refractivity contribution < 1.29 is 22.8 Å². The Balaban J connectivity index is 1.34. The number of sulfonamides is 1. The van der Waals surface area contributed by atoms with Crippen molar-refractivity contribution in [2.24, 2.45) is 0 Å². The van der Waals surface area contributed by atoms with Gasteiger partial charge in [-0.3, -0.25) is 14.4 Å². The normalized spacial score (nSPS) is 21.2. The molecule has 12 heteroatoms. The van der Waals surface area contributed by atoms with E-state index < -0.39 is 28.0 Å². The van der Waals surface area contributed by atoms with Crippen molar-refractivity contribution in [1.82, 2.24) is 19.8 Å². The molecule has 1 aromatic heterocycles. The summed E-state index contributed by atoms with van der Waals surface area (Å²) in [5, 5.41) is 4.00. The molecule has 0 spiro atoms. The van der Waals surface area contributed by atoms with Gasteiger partial charge in [-0.25, -0.2) is 8.42 Å². The molecule has 9 nitrogen and oxygen atoms in total. The van der Waals surface area contributed by atoms with E-state index in [0.29, 0.717) is 48.0 Å². The Hall–Kier alpha value is -2.73. The van der Waals surface area contributed by atoms with Crippen molar-refractivity contribution in [1.29, 1.82) is 0 Å². The molecule has 0 bridgehead atoms. The maximum absolute atomic E-state index is 13.2. The summed E-state index contributed by atoms with van der Waals surface area (Å²) in [6.07, 6.45) is 3.56. The van der Waals surface area contributed by atoms with Crippen molar-refractivity contribution in [3.63, 3.8) is 0 Å². The van der Waals surface area contributed by atoms with Crippen molar-refractivity contribution in [3.05, 3.63) is 62.6 Å². The summed E-state index contributed by atoms with van der Waals surface area (Å²) in [7, 11) is -3.89. The fraction of sp³-hybridized carbons (Fsp3) is 0.423. The molecule has 2 aliphatic heterocycles. The van der Waals surface area contributed by atoms with Crippen LogP contribution in [0.3, 0.4) is 0 Å². The molecule has 0 radical (unpaired) electrons. The third-order valence-electron chi connectivity index (χ3n) is 6.70. The minimum atomic E-state index is -3.89. The Morgan fingerprint density at radius 2 is 1.87 bits per heavy atom. The number of piperidine rings is 1. The molecule has 2 aliphatic rings. The molecular formula is C26H31ClN4O5S2. The molecule has 3 heterocycles. The number of carbonyl (C=O) groups excluding carboxylic acids is 3. The molecule has 0 unspecified atom stereocenters. The van der Waals surface area contributed by atoms with E-state index in [0.717, 1.165) is 11.0 Å². The first-order valence-electron chi connectivity index (χ1n) is 12.5. The average molecular weight is 579 g/mol. The van der Waals surface area contributed by atoms with Crippen LogP contribution in [0.25, 0.3) is 6.08 Å². The molecule has 3 atom stereocenters. The van der Waals surface area contributed by atoms with Gasteiger partial charge in [0.05, 0.1) is 16.9 Å². The van der Waals surface area contributed by atoms with Crippen LogP contribution in [0, 0.1) is 0 Å². The number of thiophene rings is 1. The van der Waals surface area contributed by atoms with E-state index in [1.165, 1.54) is 27.2 Å². The fourth-order valence-electron chi connectivity index (χ4n) is 4.75. The van der Waals surface area contributed by atoms with Crippen molar-refractivity contribution in [2.75, 3.05) is 19.6 Å². The summed E-state index contributed by atoms with van der Waals surface area (Å²) in [5.74, 6) is -0.985. The van der Waals surface area contributed by atoms with Crippen LogP contribution in [0.1, 0.15) is 49.1 Å². The first-order valence-corrected chi connectivity index (χ1v) is 15.3. The standard InChI is InChI=1S/C26H31ClN4O5S2/c1-18(19-7-3-2-4-8-19)28-25(33)22-10-6-15-31(22)24(32)17-30-14-5-9-21(26(30)34)29-38(35,36)16-13-20-11-12-23(27)37-20/h2-4,7-8,11-13,16,18,21-22,29H,5-6,9-10,14-15,17H2,1H3,(H,28,33)/t18-,21-,22-/m0/s1. The maximum Gasteiger partial charge on any atom is 0.243 e. The molecule has 2 N–H and O–H groups in total. The largest absolute Gasteiger partial charge is 0.348 e. The van der Waals surface area contributed by atoms with E-state index in [4.69, 9.17) is 11.6 Å². The smallest absolute Gasteiger partial charge is 0.243 e. The van der Waals surface area contributed by atoms with Crippen LogP contribution in [-0.2, 0) is 24.4 Å². The molecule has 3 amide bonds. The molecule has 2 saturated heterocycles. The van der Waals surface area contributed by atoms with E-state index in [1.807, 2.05) is 37.3 Å². The van der Waals surface area contributed by atoms with Gasteiger partial charge >= 0.3 is 0 Å². The quantitative estimate of drug-likeness (QED) is 0.474. The van der Waals surface area contributed by atoms with Gasteiger partial charge in [0.1, 0.15) is 12.1 Å². The lowest BCUT2D eigenvalue weighted by Crippen LogP contribution is -2.55. The highest BCUT2D eigenvalue weighted by atomic mass is 35.5. The van der Waals surface area contributed by atoms with Crippen molar-refractivity contribution in [2.45, 2.75) is 50.7 Å². The van der Waals surface area contributed by atoms with Crippen LogP contribution in [0.15, 0.2) is 47.9 Å². The van der Waals surface area contributed by atoms with E-state index >= 15 is 0 Å². The van der Waals surface area contributed by atoms with E-state index in [9.17, 15) is 22.8 Å². The second kappa shape index (κ2) is 12.4. The lowest BCUT2D eigenvalue weighted by atomic mass is 10.1. The molecule has 0 aliphatic carbocycles. The molecule has 1 aromatic carbocycles. The Morgan fingerprint density at radius 1 is 1.13 bits per heavy atom. The Kier molecular flexibility index (Phi) is 9.24. The van der Waals surface area contributed by atoms with Gasteiger partial charge in [-0.1, -0.05) is 41.9 Å². The summed E-state index contributed by atoms with van der Waals surface area (Å²) < 4.78 is 28.1. The van der Waals surface area contributed by atoms with Crippen LogP contribution in [0.2, 0.25) is 4.34 Å². The van der Waals surface area contributed by atoms with Crippen molar-refractivity contribution in [3.8, 4) is 0 Å². The van der Waals surface area contributed by atoms with Crippen LogP contribution in [0.4, 0.5) is 0 Å². The molecule has 0 saturated carbocycles. The van der Waals surface area contributed by atoms with E-state index in [2.05, 4.69) is 10.0 Å². The number of amides is 3. The molecule has 2 aromatic rings. The van der Waals surface area contributed by atoms with Crippen LogP contribution < -0.4 is 10.0 Å². The van der Waals surface area contributed by atoms with Gasteiger partial charge in [0.25, 0.3) is 0 Å². The number of likely N-dealkylation sites (tertiary alicyclic amines) is 2.